The molecule has 154 valence electrons. The van der Waals surface area contributed by atoms with Crippen molar-refractivity contribution in [1.29, 1.82) is 0 Å². The Balaban J connectivity index is 1.59. The molecule has 2 aromatic rings. The number of nitrogens with zero attached hydrogens (tertiary/aromatic N) is 3. The van der Waals surface area contributed by atoms with Gasteiger partial charge >= 0.3 is 0 Å². The van der Waals surface area contributed by atoms with Crippen molar-refractivity contribution in [3.05, 3.63) is 58.3 Å². The number of aromatic nitrogens is 2. The molecule has 2 aliphatic rings. The summed E-state index contributed by atoms with van der Waals surface area (Å²) in [5, 5.41) is 0. The van der Waals surface area contributed by atoms with Crippen molar-refractivity contribution in [2.75, 3.05) is 23.6 Å². The van der Waals surface area contributed by atoms with Crippen molar-refractivity contribution in [2.24, 2.45) is 5.92 Å². The summed E-state index contributed by atoms with van der Waals surface area (Å²) in [6, 6.07) is 8.62. The second-order valence-electron chi connectivity index (χ2n) is 7.73. The normalized spacial score (nSPS) is 20.8. The summed E-state index contributed by atoms with van der Waals surface area (Å²) in [5.74, 6) is 0.0719. The summed E-state index contributed by atoms with van der Waals surface area (Å²) < 4.78 is 28.2. The molecule has 0 saturated carbocycles. The van der Waals surface area contributed by atoms with Crippen molar-refractivity contribution in [3.63, 3.8) is 0 Å². The van der Waals surface area contributed by atoms with Gasteiger partial charge in [-0.15, -0.1) is 0 Å². The van der Waals surface area contributed by atoms with Gasteiger partial charge in [-0.2, -0.15) is 0 Å². The Bertz CT molecular complexity index is 1080. The van der Waals surface area contributed by atoms with Gasteiger partial charge in [-0.1, -0.05) is 13.0 Å². The van der Waals surface area contributed by atoms with Gasteiger partial charge in [0.15, 0.2) is 0 Å². The SMILES string of the molecule is CCCS(=O)(=O)Nc1ccc2n(c1=O)CC1CC2CN(C(=O)c2ccccn2)C1. The lowest BCUT2D eigenvalue weighted by molar-refractivity contribution is 0.0589. The Labute approximate surface area is 169 Å². The highest BCUT2D eigenvalue weighted by molar-refractivity contribution is 7.92. The average Bonchev–Trinajstić information content (AvgIpc) is 2.70. The third-order valence-corrected chi connectivity index (χ3v) is 6.99. The number of likely N-dealkylation sites (tertiary alicyclic amines) is 1. The first-order chi connectivity index (χ1) is 13.9. The Morgan fingerprint density at radius 3 is 2.76 bits per heavy atom. The van der Waals surface area contributed by atoms with Gasteiger partial charge in [0.2, 0.25) is 10.0 Å². The van der Waals surface area contributed by atoms with E-state index in [0.717, 1.165) is 12.1 Å². The number of nitrogens with one attached hydrogen (secondary N) is 1. The third kappa shape index (κ3) is 3.91. The summed E-state index contributed by atoms with van der Waals surface area (Å²) in [5.41, 5.74) is 1.04. The number of rotatable bonds is 5. The molecule has 0 spiro atoms. The molecule has 1 amide bonds. The lowest BCUT2D eigenvalue weighted by Crippen LogP contribution is -2.49. The van der Waals surface area contributed by atoms with Gasteiger partial charge < -0.3 is 9.47 Å². The fourth-order valence-corrected chi connectivity index (χ4v) is 5.46. The lowest BCUT2D eigenvalue weighted by atomic mass is 9.83. The predicted molar refractivity (Wildman–Crippen MR) is 109 cm³/mol. The summed E-state index contributed by atoms with van der Waals surface area (Å²) in [7, 11) is -3.53. The number of hydrogen-bond donors (Lipinski definition) is 1. The molecule has 1 N–H and O–H groups in total. The van der Waals surface area contributed by atoms with E-state index in [9.17, 15) is 18.0 Å². The summed E-state index contributed by atoms with van der Waals surface area (Å²) >= 11 is 0. The number of pyridine rings is 2. The molecule has 0 radical (unpaired) electrons. The van der Waals surface area contributed by atoms with Gasteiger partial charge in [-0.25, -0.2) is 8.42 Å². The highest BCUT2D eigenvalue weighted by Crippen LogP contribution is 2.35. The Hall–Kier alpha value is -2.68. The molecule has 1 saturated heterocycles. The maximum atomic E-state index is 12.9. The second-order valence-corrected chi connectivity index (χ2v) is 9.57. The maximum Gasteiger partial charge on any atom is 0.275 e. The van der Waals surface area contributed by atoms with Crippen LogP contribution in [0.25, 0.3) is 0 Å². The number of sulfonamides is 1. The van der Waals surface area contributed by atoms with Crippen LogP contribution in [0.1, 0.15) is 41.9 Å². The van der Waals surface area contributed by atoms with Crippen LogP contribution in [-0.4, -0.2) is 47.6 Å². The van der Waals surface area contributed by atoms with Crippen LogP contribution in [0.3, 0.4) is 0 Å². The van der Waals surface area contributed by atoms with Crippen molar-refractivity contribution in [3.8, 4) is 0 Å². The van der Waals surface area contributed by atoms with E-state index in [1.807, 2.05) is 4.90 Å². The van der Waals surface area contributed by atoms with Crippen LogP contribution in [0, 0.1) is 5.92 Å². The van der Waals surface area contributed by atoms with Crippen LogP contribution < -0.4 is 10.3 Å². The molecule has 2 aromatic heterocycles. The first-order valence-electron chi connectivity index (χ1n) is 9.82. The van der Waals surface area contributed by atoms with Gasteiger partial charge in [0.05, 0.1) is 5.75 Å². The molecule has 29 heavy (non-hydrogen) atoms. The molecule has 4 rings (SSSR count). The van der Waals surface area contributed by atoms with Crippen molar-refractivity contribution >= 4 is 21.6 Å². The zero-order valence-corrected chi connectivity index (χ0v) is 17.1. The molecule has 2 aliphatic heterocycles. The van der Waals surface area contributed by atoms with E-state index in [0.29, 0.717) is 31.7 Å². The van der Waals surface area contributed by atoms with Gasteiger partial charge in [-0.3, -0.25) is 19.3 Å². The number of hydrogen-bond acceptors (Lipinski definition) is 5. The largest absolute Gasteiger partial charge is 0.336 e. The highest BCUT2D eigenvalue weighted by atomic mass is 32.2. The molecule has 2 bridgehead atoms. The number of fused-ring (bicyclic) bond motifs is 4. The van der Waals surface area contributed by atoms with Crippen molar-refractivity contribution in [2.45, 2.75) is 32.2 Å². The average molecular weight is 417 g/mol. The molecular weight excluding hydrogens is 392 g/mol. The molecule has 1 fully saturated rings. The van der Waals surface area contributed by atoms with Crippen molar-refractivity contribution in [1.82, 2.24) is 14.5 Å². The van der Waals surface area contributed by atoms with E-state index in [1.54, 1.807) is 48.0 Å². The number of carbonyl (C=O) groups excluding carboxylic acids is 1. The Morgan fingerprint density at radius 2 is 2.03 bits per heavy atom. The number of piperidine rings is 1. The molecule has 9 heteroatoms. The van der Waals surface area contributed by atoms with Gasteiger partial charge in [0.1, 0.15) is 11.4 Å². The summed E-state index contributed by atoms with van der Waals surface area (Å²) in [4.78, 5) is 31.7. The fourth-order valence-electron chi connectivity index (χ4n) is 4.33. The van der Waals surface area contributed by atoms with Crippen LogP contribution in [0.2, 0.25) is 0 Å². The summed E-state index contributed by atoms with van der Waals surface area (Å²) in [6.07, 6.45) is 2.99. The van der Waals surface area contributed by atoms with E-state index < -0.39 is 10.0 Å². The Morgan fingerprint density at radius 1 is 1.21 bits per heavy atom. The minimum absolute atomic E-state index is 0.0238. The second kappa shape index (κ2) is 7.62. The van der Waals surface area contributed by atoms with E-state index in [4.69, 9.17) is 0 Å². The molecule has 2 unspecified atom stereocenters. The zero-order chi connectivity index (χ0) is 20.6. The molecule has 0 aromatic carbocycles. The minimum atomic E-state index is -3.53. The molecular formula is C20H24N4O4S. The van der Waals surface area contributed by atoms with Crippen LogP contribution in [0.15, 0.2) is 41.3 Å². The number of amides is 1. The topological polar surface area (TPSA) is 101 Å². The van der Waals surface area contributed by atoms with E-state index in [1.165, 1.54) is 0 Å². The molecule has 0 aliphatic carbocycles. The van der Waals surface area contributed by atoms with Gasteiger partial charge in [-0.05, 0) is 43.0 Å². The van der Waals surface area contributed by atoms with E-state index in [-0.39, 0.29) is 34.7 Å². The number of carbonyl (C=O) groups is 1. The maximum absolute atomic E-state index is 12.9. The zero-order valence-electron chi connectivity index (χ0n) is 16.2. The van der Waals surface area contributed by atoms with Gasteiger partial charge in [0, 0.05) is 37.4 Å². The van der Waals surface area contributed by atoms with Crippen LogP contribution in [0.5, 0.6) is 0 Å². The lowest BCUT2D eigenvalue weighted by Gasteiger charge is -2.42. The van der Waals surface area contributed by atoms with Crippen LogP contribution >= 0.6 is 0 Å². The van der Waals surface area contributed by atoms with E-state index in [2.05, 4.69) is 9.71 Å². The minimum Gasteiger partial charge on any atom is -0.336 e. The predicted octanol–water partition coefficient (Wildman–Crippen LogP) is 1.65. The third-order valence-electron chi connectivity index (χ3n) is 5.51. The quantitative estimate of drug-likeness (QED) is 0.799. The smallest absolute Gasteiger partial charge is 0.275 e. The first-order valence-corrected chi connectivity index (χ1v) is 11.5. The van der Waals surface area contributed by atoms with Crippen LogP contribution in [0.4, 0.5) is 5.69 Å². The highest BCUT2D eigenvalue weighted by Gasteiger charge is 2.37. The van der Waals surface area contributed by atoms with Crippen molar-refractivity contribution < 1.29 is 13.2 Å². The Kier molecular flexibility index (Phi) is 5.16. The molecule has 4 heterocycles. The number of anilines is 1. The summed E-state index contributed by atoms with van der Waals surface area (Å²) in [6.45, 7) is 3.33. The van der Waals surface area contributed by atoms with Gasteiger partial charge in [0.25, 0.3) is 11.5 Å². The van der Waals surface area contributed by atoms with Crippen LogP contribution in [-0.2, 0) is 16.6 Å². The standard InChI is InChI=1S/C20H24N4O4S/c1-2-9-29(27,28)22-17-6-7-18-15-10-14(12-24(18)20(17)26)11-23(13-15)19(25)16-5-3-4-8-21-16/h3-8,14-15,22H,2,9-13H2,1H3. The van der Waals surface area contributed by atoms with E-state index >= 15 is 0 Å². The molecule has 2 atom stereocenters. The molecule has 8 nitrogen and oxygen atoms in total. The fraction of sp³-hybridized carbons (Fsp3) is 0.450. The monoisotopic (exact) mass is 416 g/mol. The first kappa shape index (κ1) is 19.6.